The van der Waals surface area contributed by atoms with Gasteiger partial charge in [0.15, 0.2) is 0 Å². The van der Waals surface area contributed by atoms with E-state index in [0.717, 1.165) is 30.6 Å². The van der Waals surface area contributed by atoms with Gasteiger partial charge in [0.1, 0.15) is 5.82 Å². The molecule has 1 aromatic carbocycles. The number of nitrogens with two attached hydrogens (primary N) is 1. The number of benzene rings is 1. The molecule has 118 valence electrons. The van der Waals surface area contributed by atoms with Crippen molar-refractivity contribution in [3.05, 3.63) is 42.1 Å². The van der Waals surface area contributed by atoms with Crippen molar-refractivity contribution < 1.29 is 4.79 Å². The Kier molecular flexibility index (Phi) is 3.01. The number of carbonyl (C=O) groups excluding carboxylic acids is 1. The molecule has 6 nitrogen and oxygen atoms in total. The molecule has 4 rings (SSSR count). The third-order valence-electron chi connectivity index (χ3n) is 4.93. The number of likely N-dealkylation sites (N-methyl/N-ethyl adjacent to an activating group) is 1. The van der Waals surface area contributed by atoms with Gasteiger partial charge in [-0.05, 0) is 30.5 Å². The van der Waals surface area contributed by atoms with Crippen LogP contribution in [0.15, 0.2) is 36.5 Å². The summed E-state index contributed by atoms with van der Waals surface area (Å²) < 4.78 is 0. The van der Waals surface area contributed by atoms with Gasteiger partial charge >= 0.3 is 0 Å². The van der Waals surface area contributed by atoms with Crippen molar-refractivity contribution in [2.45, 2.75) is 18.3 Å². The lowest BCUT2D eigenvalue weighted by Crippen LogP contribution is -2.52. The highest BCUT2D eigenvalue weighted by molar-refractivity contribution is 6.08. The number of anilines is 3. The second-order valence-corrected chi connectivity index (χ2v) is 6.27. The molecule has 0 aliphatic carbocycles. The van der Waals surface area contributed by atoms with E-state index in [2.05, 4.69) is 20.9 Å². The smallest absolute Gasteiger partial charge is 0.239 e. The SMILES string of the molecule is CN1C(=O)C2(CCCN(c3nccc(N)n3)C2)c2ccccc21. The molecule has 2 N–H and O–H groups in total. The standard InChI is InChI=1S/C17H19N5O/c1-21-13-6-3-2-5-12(13)17(15(21)23)8-4-10-22(11-17)16-19-9-7-14(18)20-16/h2-3,5-7,9H,4,8,10-11H2,1H3,(H2,18,19,20). The van der Waals surface area contributed by atoms with Crippen LogP contribution in [0.25, 0.3) is 0 Å². The van der Waals surface area contributed by atoms with Crippen LogP contribution in [0.4, 0.5) is 17.5 Å². The zero-order valence-electron chi connectivity index (χ0n) is 13.1. The van der Waals surface area contributed by atoms with Crippen molar-refractivity contribution in [2.24, 2.45) is 0 Å². The van der Waals surface area contributed by atoms with Gasteiger partial charge in [0, 0.05) is 32.0 Å². The number of carbonyl (C=O) groups is 1. The highest BCUT2D eigenvalue weighted by atomic mass is 16.2. The number of piperidine rings is 1. The molecular formula is C17H19N5O. The van der Waals surface area contributed by atoms with E-state index in [-0.39, 0.29) is 5.91 Å². The lowest BCUT2D eigenvalue weighted by molar-refractivity contribution is -0.123. The zero-order valence-corrected chi connectivity index (χ0v) is 13.1. The largest absolute Gasteiger partial charge is 0.384 e. The molecule has 1 atom stereocenters. The first kappa shape index (κ1) is 14.0. The number of fused-ring (bicyclic) bond motifs is 2. The Balaban J connectivity index is 1.76. The Hall–Kier alpha value is -2.63. The summed E-state index contributed by atoms with van der Waals surface area (Å²) in [6.07, 6.45) is 3.44. The van der Waals surface area contributed by atoms with Crippen LogP contribution in [0, 0.1) is 0 Å². The van der Waals surface area contributed by atoms with E-state index in [4.69, 9.17) is 5.73 Å². The topological polar surface area (TPSA) is 75.4 Å². The molecule has 0 radical (unpaired) electrons. The second kappa shape index (κ2) is 4.94. The minimum Gasteiger partial charge on any atom is -0.384 e. The average Bonchev–Trinajstić information content (AvgIpc) is 2.78. The Bertz CT molecular complexity index is 777. The number of rotatable bonds is 1. The summed E-state index contributed by atoms with van der Waals surface area (Å²) in [4.78, 5) is 25.5. The number of aromatic nitrogens is 2. The minimum atomic E-state index is -0.502. The van der Waals surface area contributed by atoms with Crippen molar-refractivity contribution in [2.75, 3.05) is 35.7 Å². The van der Waals surface area contributed by atoms with Gasteiger partial charge in [0.2, 0.25) is 11.9 Å². The molecule has 1 unspecified atom stereocenters. The van der Waals surface area contributed by atoms with E-state index in [0.29, 0.717) is 18.3 Å². The van der Waals surface area contributed by atoms with E-state index in [9.17, 15) is 4.79 Å². The number of para-hydroxylation sites is 1. The molecule has 2 aliphatic heterocycles. The summed E-state index contributed by atoms with van der Waals surface area (Å²) in [5, 5.41) is 0. The van der Waals surface area contributed by atoms with Crippen LogP contribution < -0.4 is 15.5 Å². The predicted molar refractivity (Wildman–Crippen MR) is 89.4 cm³/mol. The Morgan fingerprint density at radius 1 is 1.26 bits per heavy atom. The average molecular weight is 309 g/mol. The van der Waals surface area contributed by atoms with Gasteiger partial charge in [-0.15, -0.1) is 0 Å². The number of nitrogen functional groups attached to an aromatic ring is 1. The minimum absolute atomic E-state index is 0.160. The number of amides is 1. The first-order valence-electron chi connectivity index (χ1n) is 7.83. The van der Waals surface area contributed by atoms with Crippen LogP contribution in [0.5, 0.6) is 0 Å². The third kappa shape index (κ3) is 1.98. The molecule has 1 saturated heterocycles. The van der Waals surface area contributed by atoms with E-state index in [1.54, 1.807) is 17.2 Å². The zero-order chi connectivity index (χ0) is 16.0. The van der Waals surface area contributed by atoms with Crippen molar-refractivity contribution >= 4 is 23.4 Å². The van der Waals surface area contributed by atoms with Crippen LogP contribution in [0.1, 0.15) is 18.4 Å². The van der Waals surface area contributed by atoms with Gasteiger partial charge in [-0.25, -0.2) is 4.98 Å². The molecule has 1 fully saturated rings. The molecule has 1 amide bonds. The molecule has 0 saturated carbocycles. The van der Waals surface area contributed by atoms with Crippen LogP contribution in [-0.2, 0) is 10.2 Å². The van der Waals surface area contributed by atoms with Crippen LogP contribution >= 0.6 is 0 Å². The molecule has 0 bridgehead atoms. The summed E-state index contributed by atoms with van der Waals surface area (Å²) >= 11 is 0. The number of nitrogens with zero attached hydrogens (tertiary/aromatic N) is 4. The highest BCUT2D eigenvalue weighted by Crippen LogP contribution is 2.46. The molecule has 1 spiro atoms. The normalized spacial score (nSPS) is 23.4. The van der Waals surface area contributed by atoms with E-state index < -0.39 is 5.41 Å². The predicted octanol–water partition coefficient (Wildman–Crippen LogP) is 1.57. The second-order valence-electron chi connectivity index (χ2n) is 6.27. The number of hydrogen-bond donors (Lipinski definition) is 1. The molecular weight excluding hydrogens is 290 g/mol. The molecule has 1 aromatic heterocycles. The van der Waals surface area contributed by atoms with Gasteiger partial charge in [0.25, 0.3) is 0 Å². The van der Waals surface area contributed by atoms with Crippen molar-refractivity contribution in [3.8, 4) is 0 Å². The van der Waals surface area contributed by atoms with Gasteiger partial charge in [-0.2, -0.15) is 4.98 Å². The summed E-state index contributed by atoms with van der Waals surface area (Å²) in [7, 11) is 1.85. The Labute approximate surface area is 134 Å². The summed E-state index contributed by atoms with van der Waals surface area (Å²) in [5.74, 6) is 1.21. The quantitative estimate of drug-likeness (QED) is 0.865. The van der Waals surface area contributed by atoms with Crippen molar-refractivity contribution in [1.29, 1.82) is 0 Å². The maximum absolute atomic E-state index is 13.0. The third-order valence-corrected chi connectivity index (χ3v) is 4.93. The van der Waals surface area contributed by atoms with Gasteiger partial charge in [0.05, 0.1) is 5.41 Å². The summed E-state index contributed by atoms with van der Waals surface area (Å²) in [6, 6.07) is 9.73. The summed E-state index contributed by atoms with van der Waals surface area (Å²) in [6.45, 7) is 1.43. The lowest BCUT2D eigenvalue weighted by atomic mass is 9.75. The molecule has 6 heteroatoms. The first-order valence-corrected chi connectivity index (χ1v) is 7.83. The van der Waals surface area contributed by atoms with E-state index in [1.165, 1.54) is 0 Å². The molecule has 23 heavy (non-hydrogen) atoms. The highest BCUT2D eigenvalue weighted by Gasteiger charge is 2.51. The van der Waals surface area contributed by atoms with Gasteiger partial charge in [-0.3, -0.25) is 4.79 Å². The molecule has 3 heterocycles. The van der Waals surface area contributed by atoms with Gasteiger partial charge < -0.3 is 15.5 Å². The molecule has 2 aromatic rings. The summed E-state index contributed by atoms with van der Waals surface area (Å²) in [5.41, 5.74) is 7.40. The monoisotopic (exact) mass is 309 g/mol. The first-order chi connectivity index (χ1) is 11.1. The van der Waals surface area contributed by atoms with Crippen LogP contribution in [-0.4, -0.2) is 36.0 Å². The van der Waals surface area contributed by atoms with Crippen LogP contribution in [0.2, 0.25) is 0 Å². The van der Waals surface area contributed by atoms with Crippen molar-refractivity contribution in [1.82, 2.24) is 9.97 Å². The van der Waals surface area contributed by atoms with E-state index in [1.807, 2.05) is 25.2 Å². The number of hydrogen-bond acceptors (Lipinski definition) is 5. The fourth-order valence-electron chi connectivity index (χ4n) is 3.85. The Morgan fingerprint density at radius 2 is 2.09 bits per heavy atom. The van der Waals surface area contributed by atoms with Crippen LogP contribution in [0.3, 0.4) is 0 Å². The fourth-order valence-corrected chi connectivity index (χ4v) is 3.85. The maximum atomic E-state index is 13.0. The lowest BCUT2D eigenvalue weighted by Gasteiger charge is -2.39. The van der Waals surface area contributed by atoms with Crippen molar-refractivity contribution in [3.63, 3.8) is 0 Å². The Morgan fingerprint density at radius 3 is 2.91 bits per heavy atom. The maximum Gasteiger partial charge on any atom is 0.239 e. The molecule has 2 aliphatic rings. The fraction of sp³-hybridized carbons (Fsp3) is 0.353. The van der Waals surface area contributed by atoms with E-state index >= 15 is 0 Å². The van der Waals surface area contributed by atoms with Gasteiger partial charge in [-0.1, -0.05) is 18.2 Å².